The van der Waals surface area contributed by atoms with E-state index >= 15 is 0 Å². The summed E-state index contributed by atoms with van der Waals surface area (Å²) in [5.41, 5.74) is 2.68. The summed E-state index contributed by atoms with van der Waals surface area (Å²) in [4.78, 5) is 21.6. The predicted molar refractivity (Wildman–Crippen MR) is 116 cm³/mol. The maximum Gasteiger partial charge on any atom is 0.341 e. The number of aromatic amines is 1. The first kappa shape index (κ1) is 18.9. The Balaban J connectivity index is 1.56. The topological polar surface area (TPSA) is 48.6 Å². The average molecular weight is 416 g/mol. The minimum absolute atomic E-state index is 0.283. The van der Waals surface area contributed by atoms with Crippen LogP contribution in [0.3, 0.4) is 0 Å². The van der Waals surface area contributed by atoms with E-state index in [-0.39, 0.29) is 5.97 Å². The highest BCUT2D eigenvalue weighted by Gasteiger charge is 2.25. The quantitative estimate of drug-likeness (QED) is 0.602. The van der Waals surface area contributed by atoms with Crippen LogP contribution in [0.1, 0.15) is 17.3 Å². The van der Waals surface area contributed by atoms with Gasteiger partial charge in [-0.1, -0.05) is 23.7 Å². The van der Waals surface area contributed by atoms with Gasteiger partial charge in [0.25, 0.3) is 0 Å². The third-order valence-electron chi connectivity index (χ3n) is 4.85. The Morgan fingerprint density at radius 1 is 1.14 bits per heavy atom. The van der Waals surface area contributed by atoms with Gasteiger partial charge in [0.1, 0.15) is 11.4 Å². The number of H-pyrrole nitrogens is 1. The Morgan fingerprint density at radius 3 is 2.61 bits per heavy atom. The van der Waals surface area contributed by atoms with E-state index in [1.165, 1.54) is 0 Å². The number of rotatable bonds is 5. The first-order chi connectivity index (χ1) is 13.7. The number of benzene rings is 1. The zero-order valence-electron chi connectivity index (χ0n) is 15.7. The predicted octanol–water partition coefficient (Wildman–Crippen LogP) is 4.90. The molecular formula is C21H22ClN3O2S. The number of piperazine rings is 1. The molecule has 1 N–H and O–H groups in total. The number of ether oxygens (including phenoxy) is 1. The van der Waals surface area contributed by atoms with Crippen LogP contribution in [0.25, 0.3) is 10.6 Å². The number of carbonyl (C=O) groups excluding carboxylic acids is 1. The fourth-order valence-corrected chi connectivity index (χ4v) is 4.37. The monoisotopic (exact) mass is 415 g/mol. The van der Waals surface area contributed by atoms with Gasteiger partial charge in [-0.15, -0.1) is 11.3 Å². The van der Waals surface area contributed by atoms with E-state index in [1.807, 2.05) is 48.7 Å². The second kappa shape index (κ2) is 8.29. The Labute approximate surface area is 173 Å². The largest absolute Gasteiger partial charge is 0.462 e. The molecule has 1 saturated heterocycles. The molecule has 0 bridgehead atoms. The van der Waals surface area contributed by atoms with Crippen molar-refractivity contribution < 1.29 is 9.53 Å². The molecule has 1 aliphatic rings. The van der Waals surface area contributed by atoms with Crippen LogP contribution in [0.15, 0.2) is 47.8 Å². The van der Waals surface area contributed by atoms with Crippen molar-refractivity contribution in [1.29, 1.82) is 0 Å². The van der Waals surface area contributed by atoms with Gasteiger partial charge >= 0.3 is 5.97 Å². The van der Waals surface area contributed by atoms with Crippen LogP contribution in [-0.4, -0.2) is 43.7 Å². The van der Waals surface area contributed by atoms with Crippen LogP contribution in [-0.2, 0) is 4.74 Å². The number of thiophene rings is 1. The maximum absolute atomic E-state index is 12.5. The van der Waals surface area contributed by atoms with Crippen molar-refractivity contribution in [2.45, 2.75) is 6.92 Å². The molecule has 28 heavy (non-hydrogen) atoms. The lowest BCUT2D eigenvalue weighted by Crippen LogP contribution is -2.47. The molecule has 1 aromatic carbocycles. The maximum atomic E-state index is 12.5. The van der Waals surface area contributed by atoms with E-state index in [0.717, 1.165) is 53.3 Å². The minimum Gasteiger partial charge on any atom is -0.462 e. The lowest BCUT2D eigenvalue weighted by molar-refractivity contribution is 0.0527. The molecule has 3 aromatic rings. The second-order valence-corrected chi connectivity index (χ2v) is 7.98. The first-order valence-electron chi connectivity index (χ1n) is 9.35. The number of hydrogen-bond acceptors (Lipinski definition) is 5. The number of nitrogens with one attached hydrogen (secondary N) is 1. The number of esters is 1. The number of carbonyl (C=O) groups is 1. The van der Waals surface area contributed by atoms with Gasteiger partial charge < -0.3 is 19.5 Å². The van der Waals surface area contributed by atoms with Gasteiger partial charge in [0.2, 0.25) is 0 Å². The summed E-state index contributed by atoms with van der Waals surface area (Å²) in [5.74, 6) is 0.557. The summed E-state index contributed by atoms with van der Waals surface area (Å²) in [6.07, 6.45) is 0. The molecule has 7 heteroatoms. The number of nitrogens with zero attached hydrogens (tertiary/aromatic N) is 2. The van der Waals surface area contributed by atoms with Crippen LogP contribution in [0.5, 0.6) is 0 Å². The molecule has 146 valence electrons. The fraction of sp³-hybridized carbons (Fsp3) is 0.286. The summed E-state index contributed by atoms with van der Waals surface area (Å²) in [7, 11) is 0. The van der Waals surface area contributed by atoms with Gasteiger partial charge in [-0.05, 0) is 42.6 Å². The molecule has 0 saturated carbocycles. The number of halogens is 1. The van der Waals surface area contributed by atoms with E-state index in [1.54, 1.807) is 11.3 Å². The molecule has 0 aliphatic carbocycles. The zero-order chi connectivity index (χ0) is 19.5. The molecule has 3 heterocycles. The molecule has 0 amide bonds. The van der Waals surface area contributed by atoms with E-state index in [9.17, 15) is 4.79 Å². The summed E-state index contributed by atoms with van der Waals surface area (Å²) < 4.78 is 5.29. The zero-order valence-corrected chi connectivity index (χ0v) is 17.2. The van der Waals surface area contributed by atoms with E-state index in [0.29, 0.717) is 12.2 Å². The minimum atomic E-state index is -0.283. The Kier molecular flexibility index (Phi) is 5.59. The van der Waals surface area contributed by atoms with Gasteiger partial charge in [0.05, 0.1) is 17.2 Å². The molecule has 4 rings (SSSR count). The summed E-state index contributed by atoms with van der Waals surface area (Å²) in [6, 6.07) is 13.9. The van der Waals surface area contributed by atoms with Gasteiger partial charge in [-0.2, -0.15) is 0 Å². The van der Waals surface area contributed by atoms with E-state index in [4.69, 9.17) is 16.3 Å². The van der Waals surface area contributed by atoms with Crippen molar-refractivity contribution >= 4 is 40.4 Å². The highest BCUT2D eigenvalue weighted by Crippen LogP contribution is 2.32. The van der Waals surface area contributed by atoms with Crippen LogP contribution in [0.2, 0.25) is 5.02 Å². The Morgan fingerprint density at radius 2 is 1.93 bits per heavy atom. The van der Waals surface area contributed by atoms with Crippen molar-refractivity contribution in [2.75, 3.05) is 42.6 Å². The summed E-state index contributed by atoms with van der Waals surface area (Å²) >= 11 is 7.78. The van der Waals surface area contributed by atoms with Crippen LogP contribution < -0.4 is 9.80 Å². The SMILES string of the molecule is CCOC(=O)c1cc(-c2cccs2)[nH]c1N1CCN(c2cccc(Cl)c2)CC1. The Bertz CT molecular complexity index is 946. The van der Waals surface area contributed by atoms with Crippen molar-refractivity contribution in [1.82, 2.24) is 4.98 Å². The highest BCUT2D eigenvalue weighted by molar-refractivity contribution is 7.13. The molecule has 1 fully saturated rings. The third-order valence-corrected chi connectivity index (χ3v) is 5.99. The summed E-state index contributed by atoms with van der Waals surface area (Å²) in [5, 5.41) is 2.78. The molecule has 2 aromatic heterocycles. The van der Waals surface area contributed by atoms with Gasteiger partial charge in [-0.3, -0.25) is 0 Å². The second-order valence-electron chi connectivity index (χ2n) is 6.60. The van der Waals surface area contributed by atoms with Gasteiger partial charge in [0.15, 0.2) is 0 Å². The first-order valence-corrected chi connectivity index (χ1v) is 10.6. The molecule has 0 spiro atoms. The standard InChI is InChI=1S/C21H22ClN3O2S/c1-2-27-21(26)17-14-18(19-7-4-12-28-19)23-20(17)25-10-8-24(9-11-25)16-6-3-5-15(22)13-16/h3-7,12-14,23H,2,8-11H2,1H3. The Hall–Kier alpha value is -2.44. The normalized spacial score (nSPS) is 14.4. The fourth-order valence-electron chi connectivity index (χ4n) is 3.48. The van der Waals surface area contributed by atoms with Crippen molar-refractivity contribution in [2.24, 2.45) is 0 Å². The van der Waals surface area contributed by atoms with Crippen LogP contribution in [0, 0.1) is 0 Å². The van der Waals surface area contributed by atoms with Crippen molar-refractivity contribution in [3.05, 3.63) is 58.4 Å². The molecule has 0 radical (unpaired) electrons. The van der Waals surface area contributed by atoms with E-state index in [2.05, 4.69) is 20.9 Å². The van der Waals surface area contributed by atoms with Crippen molar-refractivity contribution in [3.8, 4) is 10.6 Å². The number of hydrogen-bond donors (Lipinski definition) is 1. The summed E-state index contributed by atoms with van der Waals surface area (Å²) in [6.45, 7) is 5.52. The molecule has 1 aliphatic heterocycles. The molecular weight excluding hydrogens is 394 g/mol. The number of aromatic nitrogens is 1. The molecule has 0 atom stereocenters. The highest BCUT2D eigenvalue weighted by atomic mass is 35.5. The third kappa shape index (κ3) is 3.88. The molecule has 5 nitrogen and oxygen atoms in total. The van der Waals surface area contributed by atoms with Crippen LogP contribution >= 0.6 is 22.9 Å². The van der Waals surface area contributed by atoms with Crippen LogP contribution in [0.4, 0.5) is 11.5 Å². The van der Waals surface area contributed by atoms with Gasteiger partial charge in [-0.25, -0.2) is 4.79 Å². The lowest BCUT2D eigenvalue weighted by atomic mass is 10.2. The number of anilines is 2. The van der Waals surface area contributed by atoms with Gasteiger partial charge in [0, 0.05) is 36.9 Å². The lowest BCUT2D eigenvalue weighted by Gasteiger charge is -2.37. The van der Waals surface area contributed by atoms with Crippen molar-refractivity contribution in [3.63, 3.8) is 0 Å². The smallest absolute Gasteiger partial charge is 0.341 e. The molecule has 0 unspecified atom stereocenters. The van der Waals surface area contributed by atoms with E-state index < -0.39 is 0 Å². The average Bonchev–Trinajstić information content (AvgIpc) is 3.38.